The molecule has 1 saturated carbocycles. The molecule has 1 aliphatic carbocycles. The zero-order chi connectivity index (χ0) is 19.3. The van der Waals surface area contributed by atoms with Gasteiger partial charge in [-0.3, -0.25) is 9.78 Å². The number of carbonyl (C=O) groups excluding carboxylic acids is 1. The third kappa shape index (κ3) is 4.26. The van der Waals surface area contributed by atoms with E-state index in [1.807, 2.05) is 24.3 Å². The van der Waals surface area contributed by atoms with E-state index in [1.54, 1.807) is 12.3 Å². The van der Waals surface area contributed by atoms with E-state index < -0.39 is 0 Å². The number of rotatable bonds is 4. The molecule has 1 saturated heterocycles. The van der Waals surface area contributed by atoms with Crippen molar-refractivity contribution in [2.45, 2.75) is 38.1 Å². The zero-order valence-corrected chi connectivity index (χ0v) is 16.1. The minimum absolute atomic E-state index is 0.0845. The molecule has 1 aromatic carbocycles. The smallest absolute Gasteiger partial charge is 0.270 e. The number of anilines is 2. The van der Waals surface area contributed by atoms with Gasteiger partial charge in [0.2, 0.25) is 0 Å². The Labute approximate surface area is 165 Å². The fourth-order valence-electron chi connectivity index (χ4n) is 4.16. The Morgan fingerprint density at radius 2 is 1.71 bits per heavy atom. The molecule has 1 aromatic heterocycles. The van der Waals surface area contributed by atoms with Crippen LogP contribution in [0.15, 0.2) is 42.6 Å². The molecule has 4 rings (SSSR count). The Morgan fingerprint density at radius 1 is 1.00 bits per heavy atom. The lowest BCUT2D eigenvalue weighted by Gasteiger charge is -2.37. The van der Waals surface area contributed by atoms with E-state index in [4.69, 9.17) is 0 Å². The normalized spacial score (nSPS) is 18.2. The molecule has 0 radical (unpaired) electrons. The van der Waals surface area contributed by atoms with Crippen LogP contribution in [0.3, 0.4) is 0 Å². The summed E-state index contributed by atoms with van der Waals surface area (Å²) < 4.78 is 14.0. The number of halogens is 1. The molecule has 0 spiro atoms. The minimum atomic E-state index is -0.179. The van der Waals surface area contributed by atoms with Gasteiger partial charge in [0.25, 0.3) is 5.91 Å². The lowest BCUT2D eigenvalue weighted by atomic mass is 9.95. The van der Waals surface area contributed by atoms with Crippen molar-refractivity contribution in [2.75, 3.05) is 36.0 Å². The Hall–Kier alpha value is -2.63. The van der Waals surface area contributed by atoms with Crippen LogP contribution in [-0.2, 0) is 0 Å². The first-order chi connectivity index (χ1) is 13.7. The SMILES string of the molecule is O=C(NC1CCCCC1)c1cc(N2CCN(c3ccccc3F)CC2)ccn1. The molecule has 6 heteroatoms. The highest BCUT2D eigenvalue weighted by Gasteiger charge is 2.21. The van der Waals surface area contributed by atoms with Crippen molar-refractivity contribution in [3.8, 4) is 0 Å². The zero-order valence-electron chi connectivity index (χ0n) is 16.1. The summed E-state index contributed by atoms with van der Waals surface area (Å²) in [6.07, 6.45) is 7.45. The van der Waals surface area contributed by atoms with E-state index in [0.29, 0.717) is 11.4 Å². The van der Waals surface area contributed by atoms with Crippen LogP contribution in [0.1, 0.15) is 42.6 Å². The molecule has 148 valence electrons. The van der Waals surface area contributed by atoms with Gasteiger partial charge in [0, 0.05) is 44.1 Å². The number of amides is 1. The van der Waals surface area contributed by atoms with E-state index >= 15 is 0 Å². The monoisotopic (exact) mass is 382 g/mol. The molecule has 0 atom stereocenters. The number of nitrogens with one attached hydrogen (secondary N) is 1. The van der Waals surface area contributed by atoms with Crippen molar-refractivity contribution in [1.29, 1.82) is 0 Å². The van der Waals surface area contributed by atoms with Gasteiger partial charge in [0.1, 0.15) is 11.5 Å². The Kier molecular flexibility index (Phi) is 5.74. The van der Waals surface area contributed by atoms with Gasteiger partial charge >= 0.3 is 0 Å². The molecule has 1 aliphatic heterocycles. The van der Waals surface area contributed by atoms with Crippen LogP contribution in [0, 0.1) is 5.82 Å². The summed E-state index contributed by atoms with van der Waals surface area (Å²) in [5, 5.41) is 3.13. The first kappa shape index (κ1) is 18.7. The number of benzene rings is 1. The molecule has 2 fully saturated rings. The van der Waals surface area contributed by atoms with Gasteiger partial charge in [-0.25, -0.2) is 4.39 Å². The van der Waals surface area contributed by atoms with E-state index in [-0.39, 0.29) is 17.8 Å². The number of para-hydroxylation sites is 1. The Bertz CT molecular complexity index is 814. The van der Waals surface area contributed by atoms with Gasteiger partial charge in [0.15, 0.2) is 0 Å². The van der Waals surface area contributed by atoms with Crippen molar-refractivity contribution >= 4 is 17.3 Å². The second-order valence-electron chi connectivity index (χ2n) is 7.63. The molecule has 2 heterocycles. The van der Waals surface area contributed by atoms with Crippen LogP contribution >= 0.6 is 0 Å². The summed E-state index contributed by atoms with van der Waals surface area (Å²) in [6.45, 7) is 3.05. The standard InChI is InChI=1S/C22H27FN4O/c23-19-8-4-5-9-21(19)27-14-12-26(13-15-27)18-10-11-24-20(16-18)22(28)25-17-6-2-1-3-7-17/h4-5,8-11,16-17H,1-3,6-7,12-15H2,(H,25,28). The molecular weight excluding hydrogens is 355 g/mol. The van der Waals surface area contributed by atoms with Crippen LogP contribution in [-0.4, -0.2) is 43.1 Å². The highest BCUT2D eigenvalue weighted by molar-refractivity contribution is 5.93. The van der Waals surface area contributed by atoms with Gasteiger partial charge < -0.3 is 15.1 Å². The van der Waals surface area contributed by atoms with Crippen molar-refractivity contribution < 1.29 is 9.18 Å². The van der Waals surface area contributed by atoms with Crippen molar-refractivity contribution in [3.63, 3.8) is 0 Å². The van der Waals surface area contributed by atoms with Crippen molar-refractivity contribution in [1.82, 2.24) is 10.3 Å². The third-order valence-corrected chi connectivity index (χ3v) is 5.75. The molecule has 28 heavy (non-hydrogen) atoms. The Morgan fingerprint density at radius 3 is 2.46 bits per heavy atom. The Balaban J connectivity index is 1.38. The maximum Gasteiger partial charge on any atom is 0.270 e. The second-order valence-corrected chi connectivity index (χ2v) is 7.63. The molecule has 1 amide bonds. The largest absolute Gasteiger partial charge is 0.368 e. The summed E-state index contributed by atoms with van der Waals surface area (Å²) in [7, 11) is 0. The van der Waals surface area contributed by atoms with Gasteiger partial charge in [-0.2, -0.15) is 0 Å². The summed E-state index contributed by atoms with van der Waals surface area (Å²) in [5.74, 6) is -0.264. The van der Waals surface area contributed by atoms with Crippen LogP contribution < -0.4 is 15.1 Å². The number of aromatic nitrogens is 1. The van der Waals surface area contributed by atoms with E-state index in [9.17, 15) is 9.18 Å². The number of pyridine rings is 1. The van der Waals surface area contributed by atoms with Crippen LogP contribution in [0.4, 0.5) is 15.8 Å². The van der Waals surface area contributed by atoms with Crippen LogP contribution in [0.5, 0.6) is 0 Å². The maximum atomic E-state index is 14.0. The van der Waals surface area contributed by atoms with Gasteiger partial charge in [0.05, 0.1) is 5.69 Å². The molecule has 0 bridgehead atoms. The van der Waals surface area contributed by atoms with Gasteiger partial charge in [-0.15, -0.1) is 0 Å². The highest BCUT2D eigenvalue weighted by Crippen LogP contribution is 2.23. The average Bonchev–Trinajstić information content (AvgIpc) is 2.75. The van der Waals surface area contributed by atoms with Crippen LogP contribution in [0.2, 0.25) is 0 Å². The first-order valence-corrected chi connectivity index (χ1v) is 10.2. The molecular formula is C22H27FN4O. The summed E-state index contributed by atoms with van der Waals surface area (Å²) >= 11 is 0. The third-order valence-electron chi connectivity index (χ3n) is 5.75. The molecule has 2 aromatic rings. The van der Waals surface area contributed by atoms with Crippen molar-refractivity contribution in [2.24, 2.45) is 0 Å². The summed E-state index contributed by atoms with van der Waals surface area (Å²) in [4.78, 5) is 21.2. The fourth-order valence-corrected chi connectivity index (χ4v) is 4.16. The van der Waals surface area contributed by atoms with E-state index in [0.717, 1.165) is 44.7 Å². The first-order valence-electron chi connectivity index (χ1n) is 10.2. The quantitative estimate of drug-likeness (QED) is 0.878. The number of nitrogens with zero attached hydrogens (tertiary/aromatic N) is 3. The van der Waals surface area contributed by atoms with Crippen LogP contribution in [0.25, 0.3) is 0 Å². The second kappa shape index (κ2) is 8.59. The maximum absolute atomic E-state index is 14.0. The van der Waals surface area contributed by atoms with E-state index in [2.05, 4.69) is 20.1 Å². The number of hydrogen-bond donors (Lipinski definition) is 1. The number of carbonyl (C=O) groups is 1. The van der Waals surface area contributed by atoms with Gasteiger partial charge in [-0.1, -0.05) is 31.4 Å². The molecule has 2 aliphatic rings. The number of piperazine rings is 1. The summed E-state index contributed by atoms with van der Waals surface area (Å²) in [5.41, 5.74) is 2.13. The predicted molar refractivity (Wildman–Crippen MR) is 109 cm³/mol. The molecule has 0 unspecified atom stereocenters. The summed E-state index contributed by atoms with van der Waals surface area (Å²) in [6, 6.07) is 11.0. The topological polar surface area (TPSA) is 48.5 Å². The predicted octanol–water partition coefficient (Wildman–Crippen LogP) is 3.61. The van der Waals surface area contributed by atoms with Gasteiger partial charge in [-0.05, 0) is 37.1 Å². The fraction of sp³-hybridized carbons (Fsp3) is 0.455. The van der Waals surface area contributed by atoms with E-state index in [1.165, 1.54) is 25.3 Å². The molecule has 1 N–H and O–H groups in total. The number of hydrogen-bond acceptors (Lipinski definition) is 4. The van der Waals surface area contributed by atoms with Crippen molar-refractivity contribution in [3.05, 3.63) is 54.1 Å². The average molecular weight is 382 g/mol. The highest BCUT2D eigenvalue weighted by atomic mass is 19.1. The molecule has 5 nitrogen and oxygen atoms in total. The lowest BCUT2D eigenvalue weighted by Crippen LogP contribution is -2.47. The lowest BCUT2D eigenvalue weighted by molar-refractivity contribution is 0.0922. The minimum Gasteiger partial charge on any atom is -0.368 e.